The highest BCUT2D eigenvalue weighted by Crippen LogP contribution is 2.35. The van der Waals surface area contributed by atoms with Crippen LogP contribution in [0.4, 0.5) is 0 Å². The van der Waals surface area contributed by atoms with Gasteiger partial charge in [-0.1, -0.05) is 27.7 Å². The molecule has 25 heavy (non-hydrogen) atoms. The van der Waals surface area contributed by atoms with Crippen molar-refractivity contribution in [3.05, 3.63) is 0 Å². The van der Waals surface area contributed by atoms with Crippen LogP contribution >= 0.6 is 0 Å². The first-order valence-corrected chi connectivity index (χ1v) is 10.2. The summed E-state index contributed by atoms with van der Waals surface area (Å²) in [4.78, 5) is 7.79. The Labute approximate surface area is 156 Å². The Kier molecular flexibility index (Phi) is 6.31. The number of likely N-dealkylation sites (N-methyl/N-ethyl adjacent to an activating group) is 2. The van der Waals surface area contributed by atoms with Gasteiger partial charge < -0.3 is 4.74 Å². The van der Waals surface area contributed by atoms with Crippen LogP contribution in [0.1, 0.15) is 55.4 Å². The van der Waals surface area contributed by atoms with Gasteiger partial charge in [0.15, 0.2) is 0 Å². The van der Waals surface area contributed by atoms with Gasteiger partial charge in [-0.15, -0.1) is 0 Å². The fourth-order valence-electron chi connectivity index (χ4n) is 3.97. The summed E-state index contributed by atoms with van der Waals surface area (Å²) in [5.74, 6) is 1.27. The summed E-state index contributed by atoms with van der Waals surface area (Å²) in [6.07, 6.45) is 0.318. The quantitative estimate of drug-likeness (QED) is 0.730. The lowest BCUT2D eigenvalue weighted by Gasteiger charge is -2.57. The number of rotatable bonds is 6. The number of hydrogen-bond donors (Lipinski definition) is 0. The van der Waals surface area contributed by atoms with E-state index in [0.717, 1.165) is 26.2 Å². The third-order valence-corrected chi connectivity index (χ3v) is 7.96. The van der Waals surface area contributed by atoms with Crippen LogP contribution in [-0.2, 0) is 4.74 Å². The summed E-state index contributed by atoms with van der Waals surface area (Å²) in [6.45, 7) is 23.1. The highest BCUT2D eigenvalue weighted by molar-refractivity contribution is 5.03. The van der Waals surface area contributed by atoms with E-state index in [9.17, 15) is 0 Å². The van der Waals surface area contributed by atoms with Crippen LogP contribution in [0.3, 0.4) is 0 Å². The molecule has 0 bridgehead atoms. The molecule has 3 unspecified atom stereocenters. The molecule has 0 aliphatic carbocycles. The van der Waals surface area contributed by atoms with Crippen molar-refractivity contribution in [2.75, 3.05) is 40.3 Å². The van der Waals surface area contributed by atoms with E-state index in [1.165, 1.54) is 0 Å². The molecule has 2 fully saturated rings. The van der Waals surface area contributed by atoms with Gasteiger partial charge in [0.2, 0.25) is 0 Å². The number of hydrogen-bond acceptors (Lipinski definition) is 4. The molecule has 0 aromatic carbocycles. The van der Waals surface area contributed by atoms with Gasteiger partial charge in [-0.3, -0.25) is 14.7 Å². The standard InChI is InChI=1S/C21H43N3O/c1-15(2)20(5,6)23(10)18-14-25-19(18)17-13-24(12-11-22(17)9)21(7,8)16(3)4/h15-19H,11-14H2,1-10H3. The van der Waals surface area contributed by atoms with E-state index in [4.69, 9.17) is 4.74 Å². The van der Waals surface area contributed by atoms with Gasteiger partial charge in [0.1, 0.15) is 0 Å². The molecule has 2 heterocycles. The molecule has 0 radical (unpaired) electrons. The maximum absolute atomic E-state index is 6.16. The van der Waals surface area contributed by atoms with E-state index in [1.807, 2.05) is 0 Å². The molecule has 0 aromatic rings. The van der Waals surface area contributed by atoms with E-state index in [0.29, 0.717) is 30.0 Å². The minimum atomic E-state index is 0.191. The molecule has 4 heteroatoms. The molecule has 2 saturated heterocycles. The third kappa shape index (κ3) is 3.92. The molecule has 148 valence electrons. The van der Waals surface area contributed by atoms with Crippen molar-refractivity contribution in [3.8, 4) is 0 Å². The SMILES string of the molecule is CC(C)C(C)(C)N1CCN(C)C(C2OCC2N(C)C(C)(C)C(C)C)C1. The Hall–Kier alpha value is -0.160. The van der Waals surface area contributed by atoms with Gasteiger partial charge in [0.05, 0.1) is 18.8 Å². The zero-order chi connectivity index (χ0) is 19.2. The molecule has 2 aliphatic heterocycles. The van der Waals surface area contributed by atoms with Crippen LogP contribution in [0.15, 0.2) is 0 Å². The van der Waals surface area contributed by atoms with Crippen LogP contribution in [0, 0.1) is 11.8 Å². The molecule has 3 atom stereocenters. The molecule has 4 nitrogen and oxygen atoms in total. The average Bonchev–Trinajstić information content (AvgIpc) is 2.47. The molecular weight excluding hydrogens is 310 g/mol. The van der Waals surface area contributed by atoms with Gasteiger partial charge in [-0.05, 0) is 53.6 Å². The van der Waals surface area contributed by atoms with Gasteiger partial charge in [-0.2, -0.15) is 0 Å². The maximum atomic E-state index is 6.16. The van der Waals surface area contributed by atoms with Gasteiger partial charge in [-0.25, -0.2) is 0 Å². The fourth-order valence-corrected chi connectivity index (χ4v) is 3.97. The second-order valence-electron chi connectivity index (χ2n) is 10.1. The minimum absolute atomic E-state index is 0.191. The molecule has 0 aromatic heterocycles. The molecule has 0 amide bonds. The summed E-state index contributed by atoms with van der Waals surface area (Å²) in [5, 5.41) is 0. The largest absolute Gasteiger partial charge is 0.373 e. The van der Waals surface area contributed by atoms with Crippen LogP contribution in [0.5, 0.6) is 0 Å². The van der Waals surface area contributed by atoms with E-state index in [1.54, 1.807) is 0 Å². The molecular formula is C21H43N3O. The Morgan fingerprint density at radius 1 is 1.00 bits per heavy atom. The summed E-state index contributed by atoms with van der Waals surface area (Å²) in [7, 11) is 4.57. The lowest BCUT2D eigenvalue weighted by Crippen LogP contribution is -2.71. The van der Waals surface area contributed by atoms with Crippen LogP contribution in [-0.4, -0.2) is 84.3 Å². The van der Waals surface area contributed by atoms with E-state index in [-0.39, 0.29) is 11.1 Å². The predicted molar refractivity (Wildman–Crippen MR) is 107 cm³/mol. The molecule has 0 N–H and O–H groups in total. The smallest absolute Gasteiger partial charge is 0.0920 e. The monoisotopic (exact) mass is 353 g/mol. The van der Waals surface area contributed by atoms with Gasteiger partial charge >= 0.3 is 0 Å². The Balaban J connectivity index is 2.11. The van der Waals surface area contributed by atoms with Crippen LogP contribution in [0.2, 0.25) is 0 Å². The van der Waals surface area contributed by atoms with E-state index < -0.39 is 0 Å². The number of piperazine rings is 1. The summed E-state index contributed by atoms with van der Waals surface area (Å²) < 4.78 is 6.16. The summed E-state index contributed by atoms with van der Waals surface area (Å²) >= 11 is 0. The first-order chi connectivity index (χ1) is 11.4. The van der Waals surface area contributed by atoms with Crippen molar-refractivity contribution < 1.29 is 4.74 Å². The molecule has 0 spiro atoms. The highest BCUT2D eigenvalue weighted by Gasteiger charge is 2.48. The Bertz CT molecular complexity index is 446. The van der Waals surface area contributed by atoms with Crippen molar-refractivity contribution in [1.29, 1.82) is 0 Å². The van der Waals surface area contributed by atoms with Crippen molar-refractivity contribution in [2.24, 2.45) is 11.8 Å². The third-order valence-electron chi connectivity index (χ3n) is 7.96. The normalized spacial score (nSPS) is 30.4. The fraction of sp³-hybridized carbons (Fsp3) is 1.00. The van der Waals surface area contributed by atoms with E-state index >= 15 is 0 Å². The Morgan fingerprint density at radius 3 is 2.04 bits per heavy atom. The van der Waals surface area contributed by atoms with Crippen LogP contribution < -0.4 is 0 Å². The van der Waals surface area contributed by atoms with Crippen LogP contribution in [0.25, 0.3) is 0 Å². The second kappa shape index (κ2) is 7.46. The zero-order valence-electron chi connectivity index (χ0n) is 18.5. The number of nitrogens with zero attached hydrogens (tertiary/aromatic N) is 3. The van der Waals surface area contributed by atoms with Gasteiger partial charge in [0, 0.05) is 36.8 Å². The second-order valence-corrected chi connectivity index (χ2v) is 10.1. The number of ether oxygens (including phenoxy) is 1. The first kappa shape index (κ1) is 21.1. The average molecular weight is 354 g/mol. The van der Waals surface area contributed by atoms with Crippen molar-refractivity contribution in [2.45, 2.75) is 84.7 Å². The molecule has 0 saturated carbocycles. The van der Waals surface area contributed by atoms with Crippen molar-refractivity contribution in [3.63, 3.8) is 0 Å². The first-order valence-electron chi connectivity index (χ1n) is 10.2. The summed E-state index contributed by atoms with van der Waals surface area (Å²) in [6, 6.07) is 1.00. The zero-order valence-corrected chi connectivity index (χ0v) is 18.5. The lowest BCUT2D eigenvalue weighted by molar-refractivity contribution is -0.191. The molecule has 2 aliphatic rings. The topological polar surface area (TPSA) is 19.0 Å². The Morgan fingerprint density at radius 2 is 1.60 bits per heavy atom. The minimum Gasteiger partial charge on any atom is -0.373 e. The predicted octanol–water partition coefficient (Wildman–Crippen LogP) is 3.17. The lowest BCUT2D eigenvalue weighted by atomic mass is 9.83. The molecule has 2 rings (SSSR count). The summed E-state index contributed by atoms with van der Waals surface area (Å²) in [5.41, 5.74) is 0.429. The maximum Gasteiger partial charge on any atom is 0.0920 e. The van der Waals surface area contributed by atoms with Gasteiger partial charge in [0.25, 0.3) is 0 Å². The van der Waals surface area contributed by atoms with Crippen molar-refractivity contribution in [1.82, 2.24) is 14.7 Å². The highest BCUT2D eigenvalue weighted by atomic mass is 16.5. The van der Waals surface area contributed by atoms with Crippen molar-refractivity contribution >= 4 is 0 Å². The van der Waals surface area contributed by atoms with E-state index in [2.05, 4.69) is 84.2 Å².